The Morgan fingerprint density at radius 3 is 2.50 bits per heavy atom. The van der Waals surface area contributed by atoms with E-state index in [1.54, 1.807) is 12.1 Å². The van der Waals surface area contributed by atoms with E-state index < -0.39 is 12.1 Å². The second-order valence-corrected chi connectivity index (χ2v) is 5.47. The molecule has 0 saturated carbocycles. The molecule has 0 aromatic heterocycles. The van der Waals surface area contributed by atoms with Crippen LogP contribution in [0, 0.1) is 0 Å². The van der Waals surface area contributed by atoms with Gasteiger partial charge in [0, 0.05) is 28.0 Å². The van der Waals surface area contributed by atoms with Crippen LogP contribution in [-0.2, 0) is 17.9 Å². The average molecular weight is 351 g/mol. The summed E-state index contributed by atoms with van der Waals surface area (Å²) < 4.78 is 14.4. The van der Waals surface area contributed by atoms with E-state index in [1.165, 1.54) is 12.1 Å². The van der Waals surface area contributed by atoms with Crippen LogP contribution in [0.2, 0.25) is 0 Å². The fourth-order valence-corrected chi connectivity index (χ4v) is 2.20. The number of nitrogens with two attached hydrogens (primary N) is 1. The molecule has 0 bridgehead atoms. The molecular weight excluding hydrogens is 332 g/mol. The van der Waals surface area contributed by atoms with E-state index in [-0.39, 0.29) is 17.9 Å². The predicted molar refractivity (Wildman–Crippen MR) is 90.4 cm³/mol. The minimum atomic E-state index is -1.92. The molecule has 0 radical (unpaired) electrons. The van der Waals surface area contributed by atoms with Crippen LogP contribution in [0.1, 0.15) is 22.9 Å². The molecule has 2 unspecified atom stereocenters. The van der Waals surface area contributed by atoms with Gasteiger partial charge >= 0.3 is 0 Å². The van der Waals surface area contributed by atoms with E-state index in [2.05, 4.69) is 5.32 Å². The second kappa shape index (κ2) is 8.70. The number of carbonyl (C=O) groups excluding carboxylic acids is 1. The molecule has 0 spiro atoms. The number of rotatable bonds is 7. The number of amides is 1. The lowest BCUT2D eigenvalue weighted by atomic mass is 10.1. The highest BCUT2D eigenvalue weighted by atomic mass is 31.0. The van der Waals surface area contributed by atoms with Crippen LogP contribution in [0.3, 0.4) is 0 Å². The molecule has 4 N–H and O–H groups in total. The number of carbonyl (C=O) groups is 1. The molecule has 0 aliphatic heterocycles. The minimum absolute atomic E-state index is 0.0231. The minimum Gasteiger partial charge on any atom is -0.377 e. The Hall–Kier alpha value is -2.05. The van der Waals surface area contributed by atoms with Crippen LogP contribution in [0.25, 0.3) is 0 Å². The summed E-state index contributed by atoms with van der Waals surface area (Å²) in [5, 5.41) is 11.6. The zero-order valence-corrected chi connectivity index (χ0v) is 14.0. The number of para-hydroxylation sites is 1. The molecule has 6 nitrogen and oxygen atoms in total. The van der Waals surface area contributed by atoms with E-state index >= 15 is 0 Å². The Morgan fingerprint density at radius 2 is 1.88 bits per heavy atom. The van der Waals surface area contributed by atoms with Gasteiger partial charge in [-0.2, -0.15) is 0 Å². The van der Waals surface area contributed by atoms with Crippen molar-refractivity contribution in [3.05, 3.63) is 65.2 Å². The second-order valence-electron chi connectivity index (χ2n) is 5.03. The quantitative estimate of drug-likeness (QED) is 0.526. The zero-order chi connectivity index (χ0) is 17.5. The third-order valence-electron chi connectivity index (χ3n) is 3.34. The Labute approximate surface area is 141 Å². The predicted octanol–water partition coefficient (Wildman–Crippen LogP) is 2.25. The van der Waals surface area contributed by atoms with Gasteiger partial charge in [-0.3, -0.25) is 10.0 Å². The summed E-state index contributed by atoms with van der Waals surface area (Å²) in [6.45, 7) is 0.635. The topological polar surface area (TPSA) is 87.8 Å². The Balaban J connectivity index is 2.01. The molecule has 0 fully saturated rings. The van der Waals surface area contributed by atoms with Crippen LogP contribution < -0.4 is 15.9 Å². The molecular formula is C16H19FN3O3P. The van der Waals surface area contributed by atoms with Crippen molar-refractivity contribution < 1.29 is 19.2 Å². The number of nitrogens with zero attached hydrogens (tertiary/aromatic N) is 1. The van der Waals surface area contributed by atoms with Crippen molar-refractivity contribution in [1.82, 2.24) is 10.3 Å². The van der Waals surface area contributed by atoms with E-state index in [0.29, 0.717) is 11.5 Å². The van der Waals surface area contributed by atoms with Crippen molar-refractivity contribution in [3.8, 4) is 5.75 Å². The largest absolute Gasteiger partial charge is 0.377 e. The number of benzene rings is 2. The van der Waals surface area contributed by atoms with Crippen molar-refractivity contribution in [1.29, 1.82) is 0 Å². The first-order valence-corrected chi connectivity index (χ1v) is 7.73. The number of alkyl halides is 1. The summed E-state index contributed by atoms with van der Waals surface area (Å²) >= 11 is 0. The van der Waals surface area contributed by atoms with E-state index in [4.69, 9.17) is 15.8 Å². The van der Waals surface area contributed by atoms with Gasteiger partial charge in [-0.15, -0.1) is 0 Å². The third-order valence-corrected chi connectivity index (χ3v) is 3.44. The molecule has 2 atom stereocenters. The molecule has 24 heavy (non-hydrogen) atoms. The molecule has 1 amide bonds. The van der Waals surface area contributed by atoms with Crippen molar-refractivity contribution in [3.63, 3.8) is 0 Å². The van der Waals surface area contributed by atoms with Gasteiger partial charge in [-0.25, -0.2) is 4.39 Å². The van der Waals surface area contributed by atoms with Gasteiger partial charge < -0.3 is 15.9 Å². The van der Waals surface area contributed by atoms with Gasteiger partial charge in [0.15, 0.2) is 5.75 Å². The van der Waals surface area contributed by atoms with Crippen molar-refractivity contribution in [2.75, 3.05) is 0 Å². The van der Waals surface area contributed by atoms with Crippen LogP contribution in [0.5, 0.6) is 5.75 Å². The highest BCUT2D eigenvalue weighted by molar-refractivity contribution is 7.12. The maximum absolute atomic E-state index is 14.4. The summed E-state index contributed by atoms with van der Waals surface area (Å²) in [5.74, 6) is -0.743. The van der Waals surface area contributed by atoms with Crippen molar-refractivity contribution in [2.24, 2.45) is 5.73 Å². The Morgan fingerprint density at radius 1 is 1.25 bits per heavy atom. The van der Waals surface area contributed by atoms with Crippen molar-refractivity contribution >= 4 is 15.3 Å². The monoisotopic (exact) mass is 351 g/mol. The van der Waals surface area contributed by atoms with Gasteiger partial charge in [0.25, 0.3) is 5.91 Å². The van der Waals surface area contributed by atoms with Crippen molar-refractivity contribution in [2.45, 2.75) is 19.3 Å². The molecule has 0 aliphatic rings. The maximum Gasteiger partial charge on any atom is 0.259 e. The van der Waals surface area contributed by atoms with Gasteiger partial charge in [0.1, 0.15) is 0 Å². The number of hydrogen-bond donors (Lipinski definition) is 3. The molecule has 0 aliphatic carbocycles. The number of halogens is 1. The van der Waals surface area contributed by atoms with E-state index in [1.807, 2.05) is 33.7 Å². The SMILES string of the molecule is NCc1ccc(CNC(=O)C(F)c2ccccc2ON(O)P)cc1. The summed E-state index contributed by atoms with van der Waals surface area (Å²) in [6.07, 6.45) is -1.92. The highest BCUT2D eigenvalue weighted by Crippen LogP contribution is 2.28. The fourth-order valence-electron chi connectivity index (χ4n) is 2.09. The Bertz CT molecular complexity index is 683. The average Bonchev–Trinajstić information content (AvgIpc) is 2.59. The van der Waals surface area contributed by atoms with Crippen LogP contribution in [0.4, 0.5) is 4.39 Å². The first-order valence-electron chi connectivity index (χ1n) is 7.21. The van der Waals surface area contributed by atoms with E-state index in [9.17, 15) is 9.18 Å². The maximum atomic E-state index is 14.4. The van der Waals surface area contributed by atoms with E-state index in [0.717, 1.165) is 11.1 Å². The highest BCUT2D eigenvalue weighted by Gasteiger charge is 2.23. The third kappa shape index (κ3) is 4.97. The lowest BCUT2D eigenvalue weighted by molar-refractivity contribution is -0.193. The van der Waals surface area contributed by atoms with Gasteiger partial charge in [-0.05, 0) is 22.2 Å². The van der Waals surface area contributed by atoms with Crippen LogP contribution in [-0.4, -0.2) is 16.1 Å². The Kier molecular flexibility index (Phi) is 6.63. The first-order chi connectivity index (χ1) is 11.5. The molecule has 0 heterocycles. The first kappa shape index (κ1) is 18.3. The molecule has 2 aromatic rings. The fraction of sp³-hybridized carbons (Fsp3) is 0.188. The molecule has 0 saturated heterocycles. The summed E-state index contributed by atoms with van der Waals surface area (Å²) in [7, 11) is 1.86. The van der Waals surface area contributed by atoms with Gasteiger partial charge in [0.2, 0.25) is 6.17 Å². The zero-order valence-electron chi connectivity index (χ0n) is 12.9. The summed E-state index contributed by atoms with van der Waals surface area (Å²) in [6, 6.07) is 13.4. The lowest BCUT2D eigenvalue weighted by Gasteiger charge is -2.16. The number of nitrogens with one attached hydrogen (secondary N) is 1. The molecule has 8 heteroatoms. The van der Waals surface area contributed by atoms with Crippen LogP contribution >= 0.6 is 9.39 Å². The normalized spacial score (nSPS) is 12.0. The number of hydrogen-bond acceptors (Lipinski definition) is 5. The van der Waals surface area contributed by atoms with Crippen LogP contribution in [0.15, 0.2) is 48.5 Å². The molecule has 2 rings (SSSR count). The standard InChI is InChI=1S/C16H19FN3O3P/c17-15(13-3-1-2-4-14(13)23-20(22)24)16(21)19-10-12-7-5-11(9-18)6-8-12/h1-8,15,22H,9-10,18,24H2,(H,19,21). The summed E-state index contributed by atoms with van der Waals surface area (Å²) in [4.78, 5) is 17.3. The molecule has 128 valence electrons. The summed E-state index contributed by atoms with van der Waals surface area (Å²) in [5.41, 5.74) is 7.36. The van der Waals surface area contributed by atoms with Gasteiger partial charge in [0.05, 0.1) is 0 Å². The van der Waals surface area contributed by atoms with Gasteiger partial charge in [-0.1, -0.05) is 42.5 Å². The smallest absolute Gasteiger partial charge is 0.259 e. The lowest BCUT2D eigenvalue weighted by Crippen LogP contribution is -2.27. The molecule has 2 aromatic carbocycles.